The first kappa shape index (κ1) is 19.0. The summed E-state index contributed by atoms with van der Waals surface area (Å²) in [5.41, 5.74) is 9.72. The molecule has 1 aromatic carbocycles. The van der Waals surface area contributed by atoms with Gasteiger partial charge in [-0.2, -0.15) is 0 Å². The van der Waals surface area contributed by atoms with Crippen LogP contribution in [0.15, 0.2) is 30.3 Å². The second-order valence-corrected chi connectivity index (χ2v) is 8.20. The Labute approximate surface area is 154 Å². The molecule has 2 N–H and O–H groups in total. The van der Waals surface area contributed by atoms with Gasteiger partial charge in [0.05, 0.1) is 4.88 Å². The number of aryl methyl sites for hydroxylation is 2. The van der Waals surface area contributed by atoms with Gasteiger partial charge >= 0.3 is 0 Å². The number of hydrogen-bond donors (Lipinski definition) is 1. The van der Waals surface area contributed by atoms with E-state index >= 15 is 0 Å². The normalized spacial score (nSPS) is 12.8. The van der Waals surface area contributed by atoms with E-state index in [0.717, 1.165) is 17.7 Å². The third-order valence-electron chi connectivity index (χ3n) is 4.51. The minimum absolute atomic E-state index is 0. The zero-order chi connectivity index (χ0) is 16.6. The molecule has 3 nitrogen and oxygen atoms in total. The zero-order valence-corrected chi connectivity index (χ0v) is 16.1. The molecule has 1 heterocycles. The number of thiophene rings is 1. The third-order valence-corrected chi connectivity index (χ3v) is 5.71. The van der Waals surface area contributed by atoms with Crippen LogP contribution in [-0.4, -0.2) is 30.9 Å². The number of rotatable bonds is 4. The fourth-order valence-electron chi connectivity index (χ4n) is 3.14. The van der Waals surface area contributed by atoms with Crippen LogP contribution in [0.3, 0.4) is 0 Å². The predicted molar refractivity (Wildman–Crippen MR) is 104 cm³/mol. The minimum Gasteiger partial charge on any atom is -0.340 e. The summed E-state index contributed by atoms with van der Waals surface area (Å²) in [5.74, 6) is 0.100. The number of nitrogens with two attached hydrogens (primary N) is 1. The Balaban J connectivity index is 0.00000208. The van der Waals surface area contributed by atoms with Gasteiger partial charge in [0.25, 0.3) is 5.91 Å². The number of nitrogens with zero attached hydrogens (tertiary/aromatic N) is 1. The van der Waals surface area contributed by atoms with E-state index in [2.05, 4.69) is 44.2 Å². The molecule has 0 saturated heterocycles. The first-order valence-electron chi connectivity index (χ1n) is 8.08. The van der Waals surface area contributed by atoms with Gasteiger partial charge in [0.1, 0.15) is 0 Å². The molecule has 1 amide bonds. The monoisotopic (exact) mass is 364 g/mol. The maximum atomic E-state index is 12.8. The van der Waals surface area contributed by atoms with Crippen LogP contribution in [0.25, 0.3) is 10.4 Å². The number of hydrogen-bond acceptors (Lipinski definition) is 3. The molecular weight excluding hydrogens is 340 g/mol. The van der Waals surface area contributed by atoms with Crippen molar-refractivity contribution < 1.29 is 4.79 Å². The highest BCUT2D eigenvalue weighted by Gasteiger charge is 2.25. The Morgan fingerprint density at radius 2 is 1.92 bits per heavy atom. The van der Waals surface area contributed by atoms with Gasteiger partial charge in [-0.25, -0.2) is 0 Å². The lowest BCUT2D eigenvalue weighted by atomic mass is 9.91. The van der Waals surface area contributed by atoms with Gasteiger partial charge in [0, 0.05) is 18.5 Å². The quantitative estimate of drug-likeness (QED) is 0.891. The van der Waals surface area contributed by atoms with Gasteiger partial charge in [-0.05, 0) is 47.6 Å². The average Bonchev–Trinajstić information content (AvgIpc) is 2.98. The Morgan fingerprint density at radius 3 is 2.62 bits per heavy atom. The van der Waals surface area contributed by atoms with E-state index in [4.69, 9.17) is 5.73 Å². The summed E-state index contributed by atoms with van der Waals surface area (Å²) in [6.45, 7) is 5.42. The van der Waals surface area contributed by atoms with E-state index in [1.807, 2.05) is 7.05 Å². The molecule has 0 bridgehead atoms. The molecular formula is C19H25ClN2OS. The summed E-state index contributed by atoms with van der Waals surface area (Å²) >= 11 is 1.63. The van der Waals surface area contributed by atoms with E-state index in [-0.39, 0.29) is 23.7 Å². The Bertz CT molecular complexity index is 739. The van der Waals surface area contributed by atoms with Crippen LogP contribution >= 0.6 is 23.7 Å². The smallest absolute Gasteiger partial charge is 0.263 e. The third kappa shape index (κ3) is 3.66. The maximum absolute atomic E-state index is 12.8. The van der Waals surface area contributed by atoms with Crippen molar-refractivity contribution in [2.24, 2.45) is 11.1 Å². The summed E-state index contributed by atoms with van der Waals surface area (Å²) in [4.78, 5) is 16.7. The summed E-state index contributed by atoms with van der Waals surface area (Å²) in [7, 11) is 1.87. The lowest BCUT2D eigenvalue weighted by molar-refractivity contribution is 0.0745. The van der Waals surface area contributed by atoms with Crippen molar-refractivity contribution in [3.63, 3.8) is 0 Å². The highest BCUT2D eigenvalue weighted by Crippen LogP contribution is 2.39. The number of carbonyl (C=O) groups excluding carboxylic acids is 1. The topological polar surface area (TPSA) is 46.3 Å². The van der Waals surface area contributed by atoms with Gasteiger partial charge < -0.3 is 10.6 Å². The minimum atomic E-state index is -0.0616. The molecule has 0 unspecified atom stereocenters. The summed E-state index contributed by atoms with van der Waals surface area (Å²) < 4.78 is 0. The van der Waals surface area contributed by atoms with Crippen LogP contribution < -0.4 is 5.73 Å². The first-order valence-corrected chi connectivity index (χ1v) is 8.89. The van der Waals surface area contributed by atoms with Gasteiger partial charge in [-0.1, -0.05) is 38.1 Å². The standard InChI is InChI=1S/C19H24N2OS.ClH/c1-19(2,11-20)12-21(3)18(22)16-10-14-9-8-13-6-4-5-7-15(13)17(14)23-16;/h4-7,10H,8-9,11-12,20H2,1-3H3;1H. The molecule has 24 heavy (non-hydrogen) atoms. The lowest BCUT2D eigenvalue weighted by Crippen LogP contribution is -2.39. The molecule has 1 aromatic heterocycles. The van der Waals surface area contributed by atoms with Crippen molar-refractivity contribution in [3.05, 3.63) is 46.3 Å². The van der Waals surface area contributed by atoms with E-state index in [9.17, 15) is 4.79 Å². The number of carbonyl (C=O) groups is 1. The fourth-order valence-corrected chi connectivity index (χ4v) is 4.41. The van der Waals surface area contributed by atoms with Gasteiger partial charge in [0.2, 0.25) is 0 Å². The maximum Gasteiger partial charge on any atom is 0.263 e. The van der Waals surface area contributed by atoms with Crippen LogP contribution in [-0.2, 0) is 12.8 Å². The molecule has 0 fully saturated rings. The van der Waals surface area contributed by atoms with E-state index in [1.54, 1.807) is 16.2 Å². The second kappa shape index (κ2) is 7.26. The molecule has 0 atom stereocenters. The van der Waals surface area contributed by atoms with Crippen molar-refractivity contribution in [3.8, 4) is 10.4 Å². The average molecular weight is 365 g/mol. The number of amides is 1. The van der Waals surface area contributed by atoms with Gasteiger partial charge in [0.15, 0.2) is 0 Å². The summed E-state index contributed by atoms with van der Waals surface area (Å²) in [5, 5.41) is 0. The van der Waals surface area contributed by atoms with E-state index in [0.29, 0.717) is 13.1 Å². The Kier molecular flexibility index (Phi) is 5.74. The molecule has 0 saturated carbocycles. The van der Waals surface area contributed by atoms with Gasteiger partial charge in [-0.15, -0.1) is 23.7 Å². The highest BCUT2D eigenvalue weighted by atomic mass is 35.5. The molecule has 2 aromatic rings. The van der Waals surface area contributed by atoms with Crippen molar-refractivity contribution in [2.45, 2.75) is 26.7 Å². The highest BCUT2D eigenvalue weighted by molar-refractivity contribution is 7.17. The van der Waals surface area contributed by atoms with Crippen LogP contribution in [0, 0.1) is 5.41 Å². The van der Waals surface area contributed by atoms with Crippen molar-refractivity contribution in [1.82, 2.24) is 4.90 Å². The van der Waals surface area contributed by atoms with E-state index < -0.39 is 0 Å². The largest absolute Gasteiger partial charge is 0.340 e. The van der Waals surface area contributed by atoms with E-state index in [1.165, 1.54) is 21.6 Å². The zero-order valence-electron chi connectivity index (χ0n) is 14.5. The van der Waals surface area contributed by atoms with Crippen LogP contribution in [0.1, 0.15) is 34.6 Å². The van der Waals surface area contributed by atoms with Gasteiger partial charge in [-0.3, -0.25) is 4.79 Å². The Hall–Kier alpha value is -1.36. The first-order chi connectivity index (χ1) is 10.9. The molecule has 3 rings (SSSR count). The van der Waals surface area contributed by atoms with Crippen LogP contribution in [0.5, 0.6) is 0 Å². The molecule has 0 spiro atoms. The SMILES string of the molecule is CN(CC(C)(C)CN)C(=O)c1cc2c(s1)-c1ccccc1CC2.Cl. The summed E-state index contributed by atoms with van der Waals surface area (Å²) in [6.07, 6.45) is 2.08. The molecule has 130 valence electrons. The molecule has 1 aliphatic rings. The van der Waals surface area contributed by atoms with Crippen molar-refractivity contribution in [1.29, 1.82) is 0 Å². The van der Waals surface area contributed by atoms with Crippen LogP contribution in [0.4, 0.5) is 0 Å². The van der Waals surface area contributed by atoms with Crippen molar-refractivity contribution in [2.75, 3.05) is 20.1 Å². The molecule has 0 aliphatic heterocycles. The van der Waals surface area contributed by atoms with Crippen LogP contribution in [0.2, 0.25) is 0 Å². The Morgan fingerprint density at radius 1 is 1.25 bits per heavy atom. The predicted octanol–water partition coefficient (Wildman–Crippen LogP) is 3.99. The second-order valence-electron chi connectivity index (χ2n) is 7.15. The molecule has 5 heteroatoms. The molecule has 1 aliphatic carbocycles. The number of fused-ring (bicyclic) bond motifs is 3. The number of halogens is 1. The lowest BCUT2D eigenvalue weighted by Gasteiger charge is -2.28. The molecule has 0 radical (unpaired) electrons. The van der Waals surface area contributed by atoms with Crippen molar-refractivity contribution >= 4 is 29.7 Å². The number of benzene rings is 1. The summed E-state index contributed by atoms with van der Waals surface area (Å²) in [6, 6.07) is 10.6. The fraction of sp³-hybridized carbons (Fsp3) is 0.421.